The molecule has 0 aliphatic carbocycles. The van der Waals surface area contributed by atoms with Crippen molar-refractivity contribution in [3.8, 4) is 0 Å². The predicted molar refractivity (Wildman–Crippen MR) is 61.7 cm³/mol. The highest BCUT2D eigenvalue weighted by atomic mass is 35.5. The van der Waals surface area contributed by atoms with Crippen molar-refractivity contribution < 1.29 is 0 Å². The molecule has 0 spiro atoms. The van der Waals surface area contributed by atoms with E-state index < -0.39 is 0 Å². The van der Waals surface area contributed by atoms with Gasteiger partial charge >= 0.3 is 0 Å². The number of halogens is 1. The van der Waals surface area contributed by atoms with Gasteiger partial charge in [-0.2, -0.15) is 0 Å². The summed E-state index contributed by atoms with van der Waals surface area (Å²) >= 11 is 5.70. The molecule has 1 nitrogen and oxygen atoms in total. The number of aromatic nitrogens is 1. The Morgan fingerprint density at radius 2 is 1.93 bits per heavy atom. The summed E-state index contributed by atoms with van der Waals surface area (Å²) in [7, 11) is 0. The van der Waals surface area contributed by atoms with Gasteiger partial charge in [-0.05, 0) is 24.5 Å². The normalized spacial score (nSPS) is 10.4. The van der Waals surface area contributed by atoms with Crippen LogP contribution < -0.4 is 0 Å². The zero-order valence-electron chi connectivity index (χ0n) is 8.80. The molecule has 0 saturated heterocycles. The van der Waals surface area contributed by atoms with Crippen molar-refractivity contribution >= 4 is 11.6 Å². The molecule has 0 bridgehead atoms. The molecule has 0 atom stereocenters. The first-order chi connectivity index (χ1) is 6.83. The fraction of sp³-hybridized carbons (Fsp3) is 0.583. The summed E-state index contributed by atoms with van der Waals surface area (Å²) in [5.74, 6) is 0. The lowest BCUT2D eigenvalue weighted by molar-refractivity contribution is 0.632. The Morgan fingerprint density at radius 3 is 2.57 bits per heavy atom. The van der Waals surface area contributed by atoms with Crippen LogP contribution in [0.1, 0.15) is 44.6 Å². The van der Waals surface area contributed by atoms with Crippen LogP contribution in [-0.2, 0) is 6.42 Å². The van der Waals surface area contributed by atoms with E-state index in [0.29, 0.717) is 5.15 Å². The van der Waals surface area contributed by atoms with Crippen molar-refractivity contribution in [2.45, 2.75) is 45.4 Å². The SMILES string of the molecule is CCCCCCCc1ccc(Cl)nc1. The standard InChI is InChI=1S/C12H18ClN/c1-2-3-4-5-6-7-11-8-9-12(13)14-10-11/h8-10H,2-7H2,1H3. The summed E-state index contributed by atoms with van der Waals surface area (Å²) in [5.41, 5.74) is 1.30. The molecule has 0 radical (unpaired) electrons. The lowest BCUT2D eigenvalue weighted by Crippen LogP contribution is -1.87. The first-order valence-corrected chi connectivity index (χ1v) is 5.81. The van der Waals surface area contributed by atoms with Crippen molar-refractivity contribution in [2.75, 3.05) is 0 Å². The molecular formula is C12H18ClN. The fourth-order valence-corrected chi connectivity index (χ4v) is 1.60. The number of pyridine rings is 1. The summed E-state index contributed by atoms with van der Waals surface area (Å²) in [4.78, 5) is 4.06. The number of aryl methyl sites for hydroxylation is 1. The minimum Gasteiger partial charge on any atom is -0.244 e. The molecule has 0 aromatic carbocycles. The van der Waals surface area contributed by atoms with E-state index in [1.165, 1.54) is 37.7 Å². The zero-order valence-corrected chi connectivity index (χ0v) is 9.56. The van der Waals surface area contributed by atoms with E-state index in [2.05, 4.69) is 18.0 Å². The van der Waals surface area contributed by atoms with Gasteiger partial charge in [0.25, 0.3) is 0 Å². The van der Waals surface area contributed by atoms with Crippen LogP contribution in [0.25, 0.3) is 0 Å². The zero-order chi connectivity index (χ0) is 10.2. The van der Waals surface area contributed by atoms with Crippen LogP contribution in [0.15, 0.2) is 18.3 Å². The number of hydrogen-bond donors (Lipinski definition) is 0. The van der Waals surface area contributed by atoms with Crippen molar-refractivity contribution in [3.63, 3.8) is 0 Å². The van der Waals surface area contributed by atoms with Crippen molar-refractivity contribution in [2.24, 2.45) is 0 Å². The van der Waals surface area contributed by atoms with Gasteiger partial charge in [-0.15, -0.1) is 0 Å². The van der Waals surface area contributed by atoms with Gasteiger partial charge in [-0.3, -0.25) is 0 Å². The minimum atomic E-state index is 0.583. The van der Waals surface area contributed by atoms with Gasteiger partial charge < -0.3 is 0 Å². The van der Waals surface area contributed by atoms with Gasteiger partial charge in [-0.1, -0.05) is 50.3 Å². The fourth-order valence-electron chi connectivity index (χ4n) is 1.49. The molecule has 0 aliphatic heterocycles. The first kappa shape index (κ1) is 11.5. The number of nitrogens with zero attached hydrogens (tertiary/aromatic N) is 1. The van der Waals surface area contributed by atoms with Crippen molar-refractivity contribution in [1.29, 1.82) is 0 Å². The smallest absolute Gasteiger partial charge is 0.129 e. The van der Waals surface area contributed by atoms with Crippen LogP contribution in [0.4, 0.5) is 0 Å². The molecule has 0 saturated carbocycles. The van der Waals surface area contributed by atoms with Crippen LogP contribution in [0, 0.1) is 0 Å². The number of rotatable bonds is 6. The molecule has 78 valence electrons. The molecule has 0 unspecified atom stereocenters. The Balaban J connectivity index is 2.15. The molecule has 14 heavy (non-hydrogen) atoms. The highest BCUT2D eigenvalue weighted by Gasteiger charge is 1.94. The number of unbranched alkanes of at least 4 members (excludes halogenated alkanes) is 4. The van der Waals surface area contributed by atoms with Crippen LogP contribution >= 0.6 is 11.6 Å². The summed E-state index contributed by atoms with van der Waals surface area (Å²) in [6, 6.07) is 3.93. The molecule has 1 aromatic rings. The maximum Gasteiger partial charge on any atom is 0.129 e. The van der Waals surface area contributed by atoms with Crippen molar-refractivity contribution in [1.82, 2.24) is 4.98 Å². The molecule has 0 N–H and O–H groups in total. The molecule has 0 amide bonds. The van der Waals surface area contributed by atoms with Gasteiger partial charge in [0.15, 0.2) is 0 Å². The highest BCUT2D eigenvalue weighted by Crippen LogP contribution is 2.10. The lowest BCUT2D eigenvalue weighted by atomic mass is 10.1. The Kier molecular flexibility index (Phi) is 5.62. The molecule has 1 rings (SSSR count). The third-order valence-corrected chi connectivity index (χ3v) is 2.58. The Hall–Kier alpha value is -0.560. The second kappa shape index (κ2) is 6.83. The van der Waals surface area contributed by atoms with E-state index in [4.69, 9.17) is 11.6 Å². The molecule has 2 heteroatoms. The third kappa shape index (κ3) is 4.61. The van der Waals surface area contributed by atoms with Crippen LogP contribution in [0.2, 0.25) is 5.15 Å². The topological polar surface area (TPSA) is 12.9 Å². The van der Waals surface area contributed by atoms with Crippen LogP contribution in [0.3, 0.4) is 0 Å². The predicted octanol–water partition coefficient (Wildman–Crippen LogP) is 4.25. The van der Waals surface area contributed by atoms with Gasteiger partial charge in [0.1, 0.15) is 5.15 Å². The largest absolute Gasteiger partial charge is 0.244 e. The minimum absolute atomic E-state index is 0.583. The highest BCUT2D eigenvalue weighted by molar-refractivity contribution is 6.29. The van der Waals surface area contributed by atoms with E-state index in [1.54, 1.807) is 0 Å². The Bertz CT molecular complexity index is 243. The maximum absolute atomic E-state index is 5.70. The van der Waals surface area contributed by atoms with Crippen molar-refractivity contribution in [3.05, 3.63) is 29.0 Å². The lowest BCUT2D eigenvalue weighted by Gasteiger charge is -2.00. The van der Waals surface area contributed by atoms with Crippen LogP contribution in [-0.4, -0.2) is 4.98 Å². The first-order valence-electron chi connectivity index (χ1n) is 5.43. The molecule has 1 aromatic heterocycles. The van der Waals surface area contributed by atoms with Gasteiger partial charge in [0.05, 0.1) is 0 Å². The molecular weight excluding hydrogens is 194 g/mol. The van der Waals surface area contributed by atoms with Gasteiger partial charge in [-0.25, -0.2) is 4.98 Å². The summed E-state index contributed by atoms with van der Waals surface area (Å²) < 4.78 is 0. The summed E-state index contributed by atoms with van der Waals surface area (Å²) in [5, 5.41) is 0.583. The van der Waals surface area contributed by atoms with E-state index in [-0.39, 0.29) is 0 Å². The second-order valence-corrected chi connectivity index (χ2v) is 4.04. The Labute approximate surface area is 91.5 Å². The van der Waals surface area contributed by atoms with Crippen LogP contribution in [0.5, 0.6) is 0 Å². The molecule has 0 fully saturated rings. The van der Waals surface area contributed by atoms with E-state index in [1.807, 2.05) is 12.3 Å². The second-order valence-electron chi connectivity index (χ2n) is 3.65. The number of hydrogen-bond acceptors (Lipinski definition) is 1. The summed E-state index contributed by atoms with van der Waals surface area (Å²) in [6.07, 6.45) is 9.63. The van der Waals surface area contributed by atoms with Gasteiger partial charge in [0, 0.05) is 6.20 Å². The van der Waals surface area contributed by atoms with E-state index in [9.17, 15) is 0 Å². The monoisotopic (exact) mass is 211 g/mol. The van der Waals surface area contributed by atoms with Gasteiger partial charge in [0.2, 0.25) is 0 Å². The molecule has 0 aliphatic rings. The average Bonchev–Trinajstić information content (AvgIpc) is 2.21. The average molecular weight is 212 g/mol. The van der Waals surface area contributed by atoms with E-state index in [0.717, 1.165) is 6.42 Å². The maximum atomic E-state index is 5.70. The summed E-state index contributed by atoms with van der Waals surface area (Å²) in [6.45, 7) is 2.24. The Morgan fingerprint density at radius 1 is 1.14 bits per heavy atom. The third-order valence-electron chi connectivity index (χ3n) is 2.36. The molecule has 1 heterocycles. The quantitative estimate of drug-likeness (QED) is 0.507. The van der Waals surface area contributed by atoms with E-state index >= 15 is 0 Å².